The van der Waals surface area contributed by atoms with Gasteiger partial charge in [0.2, 0.25) is 17.7 Å². The molecule has 0 radical (unpaired) electrons. The second-order valence-electron chi connectivity index (χ2n) is 11.0. The lowest BCUT2D eigenvalue weighted by Crippen LogP contribution is -2.62. The van der Waals surface area contributed by atoms with Crippen LogP contribution in [0.4, 0.5) is 0 Å². The van der Waals surface area contributed by atoms with Crippen LogP contribution in [0.3, 0.4) is 0 Å². The summed E-state index contributed by atoms with van der Waals surface area (Å²) in [6.45, 7) is 9.15. The molecule has 4 bridgehead atoms. The van der Waals surface area contributed by atoms with Crippen molar-refractivity contribution in [2.75, 3.05) is 6.54 Å². The zero-order valence-electron chi connectivity index (χ0n) is 23.6. The van der Waals surface area contributed by atoms with E-state index in [1.807, 2.05) is 43.3 Å². The number of fused-ring (bicyclic) bond motifs is 4. The topological polar surface area (TPSA) is 140 Å². The van der Waals surface area contributed by atoms with E-state index >= 15 is 0 Å². The molecule has 6 atom stereocenters. The van der Waals surface area contributed by atoms with Crippen LogP contribution in [0.15, 0.2) is 30.3 Å². The molecule has 10 heteroatoms. The predicted molar refractivity (Wildman–Crippen MR) is 149 cm³/mol. The molecule has 1 saturated heterocycles. The third-order valence-corrected chi connectivity index (χ3v) is 7.44. The summed E-state index contributed by atoms with van der Waals surface area (Å²) in [6, 6.07) is 5.26. The maximum atomic E-state index is 13.2. The second kappa shape index (κ2) is 13.7. The quantitative estimate of drug-likeness (QED) is 0.367. The second-order valence-corrected chi connectivity index (χ2v) is 11.0. The van der Waals surface area contributed by atoms with Crippen LogP contribution in [-0.4, -0.2) is 64.5 Å². The lowest BCUT2D eigenvalue weighted by molar-refractivity contribution is -0.143. The largest absolute Gasteiger partial charge is 0.392 e. The third kappa shape index (κ3) is 8.12. The normalized spacial score (nSPS) is 30.1. The Kier molecular flexibility index (Phi) is 10.7. The molecule has 5 N–H and O–H groups in total. The summed E-state index contributed by atoms with van der Waals surface area (Å²) in [6.07, 6.45) is 5.18. The molecule has 4 amide bonds. The number of carbonyl (C=O) groups is 4. The van der Waals surface area contributed by atoms with Crippen molar-refractivity contribution in [1.29, 1.82) is 0 Å². The van der Waals surface area contributed by atoms with Crippen LogP contribution < -0.4 is 21.4 Å². The van der Waals surface area contributed by atoms with Gasteiger partial charge in [-0.15, -0.1) is 0 Å². The highest BCUT2D eigenvalue weighted by Crippen LogP contribution is 2.18. The average Bonchev–Trinajstić information content (AvgIpc) is 2.92. The van der Waals surface area contributed by atoms with Crippen LogP contribution in [0.25, 0.3) is 6.08 Å². The summed E-state index contributed by atoms with van der Waals surface area (Å²) < 4.78 is 0. The zero-order chi connectivity index (χ0) is 28.7. The van der Waals surface area contributed by atoms with E-state index in [0.29, 0.717) is 32.2 Å². The summed E-state index contributed by atoms with van der Waals surface area (Å²) >= 11 is 0. The Morgan fingerprint density at radius 2 is 1.64 bits per heavy atom. The first kappa shape index (κ1) is 30.3. The summed E-state index contributed by atoms with van der Waals surface area (Å²) in [5, 5.41) is 20.5. The molecule has 214 valence electrons. The van der Waals surface area contributed by atoms with E-state index in [4.69, 9.17) is 0 Å². The molecular weight excluding hydrogens is 498 g/mol. The first-order chi connectivity index (χ1) is 18.5. The highest BCUT2D eigenvalue weighted by atomic mass is 16.3. The summed E-state index contributed by atoms with van der Waals surface area (Å²) in [7, 11) is 0. The Labute approximate surface area is 230 Å². The third-order valence-electron chi connectivity index (χ3n) is 7.44. The van der Waals surface area contributed by atoms with Crippen LogP contribution in [0.2, 0.25) is 0 Å². The van der Waals surface area contributed by atoms with Crippen molar-refractivity contribution < 1.29 is 24.3 Å². The van der Waals surface area contributed by atoms with Gasteiger partial charge in [-0.05, 0) is 62.6 Å². The van der Waals surface area contributed by atoms with Crippen molar-refractivity contribution >= 4 is 29.7 Å². The number of carbonyl (C=O) groups excluding carboxylic acids is 4. The lowest BCUT2D eigenvalue weighted by atomic mass is 9.96. The monoisotopic (exact) mass is 541 g/mol. The first-order valence-corrected chi connectivity index (χ1v) is 13.9. The standard InChI is InChI=1S/C29H43N5O5/c1-17(2)25-28(38)31-20(5)29(39)34-15-9-13-23(33-34)27(37)30-19(4)22-12-8-11-21(16-22)10-6-7-14-24(35)18(3)26(36)32-25/h6,8,10-12,16-20,23-25,33,35H,7,9,13-15H2,1-5H3,(H,30,37)(H,31,38)(H,32,36). The maximum Gasteiger partial charge on any atom is 0.258 e. The van der Waals surface area contributed by atoms with E-state index in [1.165, 1.54) is 5.01 Å². The van der Waals surface area contributed by atoms with Gasteiger partial charge in [-0.3, -0.25) is 24.2 Å². The van der Waals surface area contributed by atoms with Gasteiger partial charge in [-0.1, -0.05) is 51.1 Å². The summed E-state index contributed by atoms with van der Waals surface area (Å²) in [5.41, 5.74) is 4.93. The number of amides is 4. The Bertz CT molecular complexity index is 1070. The van der Waals surface area contributed by atoms with Gasteiger partial charge in [0.05, 0.1) is 18.1 Å². The molecule has 0 spiro atoms. The van der Waals surface area contributed by atoms with Crippen molar-refractivity contribution in [1.82, 2.24) is 26.4 Å². The van der Waals surface area contributed by atoms with Gasteiger partial charge in [-0.25, -0.2) is 5.43 Å². The molecule has 1 aromatic rings. The number of nitrogens with zero attached hydrogens (tertiary/aromatic N) is 1. The number of aliphatic hydroxyl groups excluding tert-OH is 1. The number of benzene rings is 1. The number of hydrogen-bond donors (Lipinski definition) is 5. The highest BCUT2D eigenvalue weighted by Gasteiger charge is 2.34. The van der Waals surface area contributed by atoms with Crippen LogP contribution in [0.1, 0.15) is 77.5 Å². The lowest BCUT2D eigenvalue weighted by Gasteiger charge is -2.35. The number of allylic oxidation sites excluding steroid dienone is 1. The van der Waals surface area contributed by atoms with Gasteiger partial charge in [-0.2, -0.15) is 0 Å². The maximum absolute atomic E-state index is 13.2. The number of aliphatic hydroxyl groups is 1. The number of hydrazine groups is 1. The smallest absolute Gasteiger partial charge is 0.258 e. The predicted octanol–water partition coefficient (Wildman–Crippen LogP) is 1.81. The van der Waals surface area contributed by atoms with E-state index < -0.39 is 42.0 Å². The molecule has 2 aliphatic rings. The molecule has 1 aromatic carbocycles. The number of rotatable bonds is 1. The van der Waals surface area contributed by atoms with Gasteiger partial charge in [0.25, 0.3) is 5.91 Å². The van der Waals surface area contributed by atoms with Crippen LogP contribution in [0.5, 0.6) is 0 Å². The van der Waals surface area contributed by atoms with E-state index in [-0.39, 0.29) is 23.8 Å². The fourth-order valence-electron chi connectivity index (χ4n) is 4.79. The molecule has 10 nitrogen and oxygen atoms in total. The van der Waals surface area contributed by atoms with Gasteiger partial charge in [0.15, 0.2) is 0 Å². The van der Waals surface area contributed by atoms with Crippen LogP contribution in [0, 0.1) is 11.8 Å². The van der Waals surface area contributed by atoms with Crippen LogP contribution >= 0.6 is 0 Å². The minimum absolute atomic E-state index is 0.203. The fraction of sp³-hybridized carbons (Fsp3) is 0.586. The van der Waals surface area contributed by atoms with Crippen molar-refractivity contribution in [3.05, 3.63) is 41.5 Å². The zero-order valence-corrected chi connectivity index (χ0v) is 23.6. The molecule has 39 heavy (non-hydrogen) atoms. The minimum atomic E-state index is -0.886. The van der Waals surface area contributed by atoms with E-state index in [9.17, 15) is 24.3 Å². The Balaban J connectivity index is 1.85. The molecule has 0 aliphatic carbocycles. The number of nitrogens with one attached hydrogen (secondary N) is 4. The van der Waals surface area contributed by atoms with Crippen molar-refractivity contribution in [2.24, 2.45) is 11.8 Å². The van der Waals surface area contributed by atoms with Crippen molar-refractivity contribution in [2.45, 2.75) is 90.6 Å². The average molecular weight is 542 g/mol. The molecule has 0 saturated carbocycles. The van der Waals surface area contributed by atoms with E-state index in [2.05, 4.69) is 21.4 Å². The number of hydrogen-bond acceptors (Lipinski definition) is 6. The van der Waals surface area contributed by atoms with Gasteiger partial charge >= 0.3 is 0 Å². The van der Waals surface area contributed by atoms with Crippen molar-refractivity contribution in [3.63, 3.8) is 0 Å². The summed E-state index contributed by atoms with van der Waals surface area (Å²) in [5.74, 6) is -2.43. The molecule has 2 heterocycles. The SMILES string of the molecule is CC1NC(=O)C(C(C)C)NC(=O)C(C)C(O)CCC=Cc2cccc(c2)C(C)NC(=O)C2CCCN(N2)C1=O. The molecule has 3 rings (SSSR count). The molecular formula is C29H43N5O5. The van der Waals surface area contributed by atoms with Gasteiger partial charge in [0, 0.05) is 6.54 Å². The Morgan fingerprint density at radius 3 is 2.36 bits per heavy atom. The molecule has 6 unspecified atom stereocenters. The first-order valence-electron chi connectivity index (χ1n) is 13.9. The van der Waals surface area contributed by atoms with Gasteiger partial charge in [0.1, 0.15) is 18.1 Å². The van der Waals surface area contributed by atoms with E-state index in [0.717, 1.165) is 11.1 Å². The molecule has 2 aliphatic heterocycles. The Morgan fingerprint density at radius 1 is 0.923 bits per heavy atom. The highest BCUT2D eigenvalue weighted by molar-refractivity contribution is 5.92. The molecule has 1 fully saturated rings. The van der Waals surface area contributed by atoms with Crippen LogP contribution in [-0.2, 0) is 19.2 Å². The van der Waals surface area contributed by atoms with E-state index in [1.54, 1.807) is 27.7 Å². The Hall–Kier alpha value is -3.24. The fourth-order valence-corrected chi connectivity index (χ4v) is 4.79. The molecule has 0 aromatic heterocycles. The summed E-state index contributed by atoms with van der Waals surface area (Å²) in [4.78, 5) is 52.2. The minimum Gasteiger partial charge on any atom is -0.392 e. The van der Waals surface area contributed by atoms with Crippen molar-refractivity contribution in [3.8, 4) is 0 Å². The van der Waals surface area contributed by atoms with Gasteiger partial charge < -0.3 is 21.1 Å².